The van der Waals surface area contributed by atoms with E-state index in [0.717, 1.165) is 57.5 Å². The summed E-state index contributed by atoms with van der Waals surface area (Å²) in [4.78, 5) is 9.23. The topological polar surface area (TPSA) is 67.2 Å². The molecule has 0 aliphatic carbocycles. The monoisotopic (exact) mass is 492 g/mol. The molecular formula is C18H33IN6O2. The van der Waals surface area contributed by atoms with Crippen molar-refractivity contribution in [3.8, 4) is 0 Å². The fourth-order valence-corrected chi connectivity index (χ4v) is 3.59. The highest BCUT2D eigenvalue weighted by atomic mass is 127. The predicted molar refractivity (Wildman–Crippen MR) is 117 cm³/mol. The van der Waals surface area contributed by atoms with Gasteiger partial charge in [0, 0.05) is 57.6 Å². The van der Waals surface area contributed by atoms with E-state index < -0.39 is 0 Å². The lowest BCUT2D eigenvalue weighted by atomic mass is 10.0. The standard InChI is InChI=1S/C18H32N6O2.HI/c1-18(2)14-25-9-8-24(18)6-5-20-17(19-3)23-7-10-26-16(13-23)15-11-21-22(4)12-15;/h11-12,16H,5-10,13-14H2,1-4H3,(H,19,20);1H. The molecule has 0 aromatic carbocycles. The Hall–Kier alpha value is -0.910. The molecule has 0 bridgehead atoms. The van der Waals surface area contributed by atoms with E-state index in [1.54, 1.807) is 0 Å². The largest absolute Gasteiger partial charge is 0.378 e. The summed E-state index contributed by atoms with van der Waals surface area (Å²) in [5.41, 5.74) is 1.20. The smallest absolute Gasteiger partial charge is 0.193 e. The van der Waals surface area contributed by atoms with E-state index in [2.05, 4.69) is 39.1 Å². The number of nitrogens with one attached hydrogen (secondary N) is 1. The zero-order valence-corrected chi connectivity index (χ0v) is 19.2. The summed E-state index contributed by atoms with van der Waals surface area (Å²) in [6.07, 6.45) is 3.93. The van der Waals surface area contributed by atoms with Crippen molar-refractivity contribution in [2.45, 2.75) is 25.5 Å². The lowest BCUT2D eigenvalue weighted by molar-refractivity contribution is -0.0498. The van der Waals surface area contributed by atoms with Gasteiger partial charge in [0.15, 0.2) is 5.96 Å². The molecule has 1 aromatic heterocycles. The van der Waals surface area contributed by atoms with E-state index in [1.165, 1.54) is 0 Å². The summed E-state index contributed by atoms with van der Waals surface area (Å²) >= 11 is 0. The highest BCUT2D eigenvalue weighted by molar-refractivity contribution is 14.0. The number of nitrogens with zero attached hydrogens (tertiary/aromatic N) is 5. The van der Waals surface area contributed by atoms with Gasteiger partial charge in [-0.15, -0.1) is 24.0 Å². The number of aliphatic imine (C=N–C) groups is 1. The summed E-state index contributed by atoms with van der Waals surface area (Å²) in [5.74, 6) is 0.938. The van der Waals surface area contributed by atoms with Crippen LogP contribution in [-0.4, -0.2) is 90.7 Å². The van der Waals surface area contributed by atoms with Gasteiger partial charge >= 0.3 is 0 Å². The minimum Gasteiger partial charge on any atom is -0.378 e. The van der Waals surface area contributed by atoms with Crippen molar-refractivity contribution in [1.29, 1.82) is 0 Å². The fourth-order valence-electron chi connectivity index (χ4n) is 3.59. The molecule has 2 saturated heterocycles. The van der Waals surface area contributed by atoms with Crippen LogP contribution in [0.5, 0.6) is 0 Å². The Morgan fingerprint density at radius 1 is 1.37 bits per heavy atom. The molecular weight excluding hydrogens is 459 g/mol. The van der Waals surface area contributed by atoms with Crippen LogP contribution in [0.2, 0.25) is 0 Å². The number of aromatic nitrogens is 2. The van der Waals surface area contributed by atoms with Gasteiger partial charge in [0.1, 0.15) is 6.10 Å². The second-order valence-electron chi connectivity index (χ2n) is 7.58. The van der Waals surface area contributed by atoms with Crippen molar-refractivity contribution in [1.82, 2.24) is 24.9 Å². The molecule has 8 nitrogen and oxygen atoms in total. The van der Waals surface area contributed by atoms with Gasteiger partial charge in [-0.25, -0.2) is 0 Å². The molecule has 2 fully saturated rings. The first kappa shape index (κ1) is 22.4. The Bertz CT molecular complexity index is 621. The molecule has 9 heteroatoms. The maximum absolute atomic E-state index is 5.93. The quantitative estimate of drug-likeness (QED) is 0.386. The molecule has 0 saturated carbocycles. The van der Waals surface area contributed by atoms with Crippen LogP contribution in [0.4, 0.5) is 0 Å². The zero-order valence-electron chi connectivity index (χ0n) is 16.8. The zero-order chi connectivity index (χ0) is 18.6. The van der Waals surface area contributed by atoms with Crippen molar-refractivity contribution in [3.05, 3.63) is 18.0 Å². The Morgan fingerprint density at radius 2 is 2.19 bits per heavy atom. The number of guanidine groups is 1. The minimum atomic E-state index is 0. The molecule has 0 spiro atoms. The number of aryl methyl sites for hydroxylation is 1. The summed E-state index contributed by atoms with van der Waals surface area (Å²) in [7, 11) is 3.77. The van der Waals surface area contributed by atoms with Gasteiger partial charge in [-0.2, -0.15) is 5.10 Å². The molecule has 1 atom stereocenters. The van der Waals surface area contributed by atoms with Crippen LogP contribution in [0.3, 0.4) is 0 Å². The Labute approximate surface area is 179 Å². The van der Waals surface area contributed by atoms with Crippen LogP contribution < -0.4 is 5.32 Å². The first-order valence-corrected chi connectivity index (χ1v) is 9.38. The molecule has 2 aliphatic heterocycles. The number of halogens is 1. The molecule has 154 valence electrons. The number of ether oxygens (including phenoxy) is 2. The highest BCUT2D eigenvalue weighted by Gasteiger charge is 2.30. The minimum absolute atomic E-state index is 0. The molecule has 27 heavy (non-hydrogen) atoms. The van der Waals surface area contributed by atoms with E-state index in [4.69, 9.17) is 9.47 Å². The van der Waals surface area contributed by atoms with Gasteiger partial charge < -0.3 is 19.7 Å². The third-order valence-corrected chi connectivity index (χ3v) is 5.16. The Morgan fingerprint density at radius 3 is 2.85 bits per heavy atom. The van der Waals surface area contributed by atoms with Gasteiger partial charge in [-0.05, 0) is 13.8 Å². The molecule has 3 heterocycles. The van der Waals surface area contributed by atoms with E-state index in [0.29, 0.717) is 6.61 Å². The third-order valence-electron chi connectivity index (χ3n) is 5.16. The van der Waals surface area contributed by atoms with E-state index in [-0.39, 0.29) is 35.6 Å². The van der Waals surface area contributed by atoms with Gasteiger partial charge in [-0.1, -0.05) is 0 Å². The van der Waals surface area contributed by atoms with Crippen LogP contribution in [0.1, 0.15) is 25.5 Å². The van der Waals surface area contributed by atoms with E-state index in [1.807, 2.05) is 31.2 Å². The number of hydrogen-bond donors (Lipinski definition) is 1. The first-order valence-electron chi connectivity index (χ1n) is 9.38. The van der Waals surface area contributed by atoms with Crippen molar-refractivity contribution >= 4 is 29.9 Å². The van der Waals surface area contributed by atoms with Crippen molar-refractivity contribution < 1.29 is 9.47 Å². The molecule has 2 aliphatic rings. The van der Waals surface area contributed by atoms with Crippen molar-refractivity contribution in [3.63, 3.8) is 0 Å². The molecule has 1 aromatic rings. The Balaban J connectivity index is 0.00000261. The maximum atomic E-state index is 5.93. The van der Waals surface area contributed by atoms with Gasteiger partial charge in [0.25, 0.3) is 0 Å². The third kappa shape index (κ3) is 5.78. The van der Waals surface area contributed by atoms with E-state index >= 15 is 0 Å². The fraction of sp³-hybridized carbons (Fsp3) is 0.778. The van der Waals surface area contributed by atoms with Gasteiger partial charge in [-0.3, -0.25) is 14.6 Å². The highest BCUT2D eigenvalue weighted by Crippen LogP contribution is 2.22. The average molecular weight is 492 g/mol. The van der Waals surface area contributed by atoms with Gasteiger partial charge in [0.05, 0.1) is 32.6 Å². The van der Waals surface area contributed by atoms with Crippen LogP contribution in [0.15, 0.2) is 17.4 Å². The number of rotatable bonds is 4. The summed E-state index contributed by atoms with van der Waals surface area (Å²) in [6, 6.07) is 0. The molecule has 0 radical (unpaired) electrons. The maximum Gasteiger partial charge on any atom is 0.193 e. The number of hydrogen-bond acceptors (Lipinski definition) is 5. The van der Waals surface area contributed by atoms with Gasteiger partial charge in [0.2, 0.25) is 0 Å². The second kappa shape index (κ2) is 10.0. The van der Waals surface area contributed by atoms with Crippen molar-refractivity contribution in [2.24, 2.45) is 12.0 Å². The lowest BCUT2D eigenvalue weighted by Crippen LogP contribution is -2.55. The van der Waals surface area contributed by atoms with Crippen molar-refractivity contribution in [2.75, 3.05) is 59.6 Å². The number of morpholine rings is 2. The molecule has 0 amide bonds. The summed E-state index contributed by atoms with van der Waals surface area (Å²) in [6.45, 7) is 11.2. The molecule has 1 N–H and O–H groups in total. The molecule has 1 unspecified atom stereocenters. The summed E-state index contributed by atoms with van der Waals surface area (Å²) < 4.78 is 13.3. The van der Waals surface area contributed by atoms with Crippen LogP contribution >= 0.6 is 24.0 Å². The predicted octanol–water partition coefficient (Wildman–Crippen LogP) is 1.10. The Kier molecular flexibility index (Phi) is 8.32. The van der Waals surface area contributed by atoms with Crippen LogP contribution in [-0.2, 0) is 16.5 Å². The normalized spacial score (nSPS) is 23.8. The lowest BCUT2D eigenvalue weighted by Gasteiger charge is -2.42. The average Bonchev–Trinajstić information content (AvgIpc) is 3.06. The second-order valence-corrected chi connectivity index (χ2v) is 7.58. The van der Waals surface area contributed by atoms with E-state index in [9.17, 15) is 0 Å². The SMILES string of the molecule is CN=C(NCCN1CCOCC1(C)C)N1CCOC(c2cnn(C)c2)C1.I. The molecule has 3 rings (SSSR count). The first-order chi connectivity index (χ1) is 12.5. The van der Waals surface area contributed by atoms with Crippen LogP contribution in [0.25, 0.3) is 0 Å². The summed E-state index contributed by atoms with van der Waals surface area (Å²) in [5, 5.41) is 7.77. The van der Waals surface area contributed by atoms with Crippen LogP contribution in [0, 0.1) is 0 Å².